The fourth-order valence-electron chi connectivity index (χ4n) is 2.00. The molecule has 100 valence electrons. The number of hydrogen-bond acceptors (Lipinski definition) is 2. The first kappa shape index (κ1) is 14.0. The second-order valence-corrected chi connectivity index (χ2v) is 6.58. The van der Waals surface area contributed by atoms with E-state index in [-0.39, 0.29) is 0 Å². The molecule has 0 aromatic heterocycles. The largest absolute Gasteiger partial charge is 0.507 e. The first-order chi connectivity index (χ1) is 8.88. The SMILES string of the molecule is Cc1ccc(Pc2ccccc2O)c(C(C)(C)O)c1. The van der Waals surface area contributed by atoms with Crippen LogP contribution in [0.1, 0.15) is 25.0 Å². The summed E-state index contributed by atoms with van der Waals surface area (Å²) in [6.45, 7) is 5.60. The van der Waals surface area contributed by atoms with E-state index in [0.29, 0.717) is 14.3 Å². The zero-order valence-corrected chi connectivity index (χ0v) is 12.4. The van der Waals surface area contributed by atoms with Crippen LogP contribution in [0.15, 0.2) is 42.5 Å². The van der Waals surface area contributed by atoms with Crippen LogP contribution >= 0.6 is 8.58 Å². The van der Waals surface area contributed by atoms with E-state index in [1.807, 2.05) is 43.3 Å². The van der Waals surface area contributed by atoms with Crippen LogP contribution in [0.25, 0.3) is 0 Å². The highest BCUT2D eigenvalue weighted by atomic mass is 31.1. The smallest absolute Gasteiger partial charge is 0.123 e. The summed E-state index contributed by atoms with van der Waals surface area (Å²) >= 11 is 0. The van der Waals surface area contributed by atoms with E-state index >= 15 is 0 Å². The van der Waals surface area contributed by atoms with Crippen molar-refractivity contribution in [2.75, 3.05) is 0 Å². The molecule has 0 amide bonds. The van der Waals surface area contributed by atoms with Gasteiger partial charge in [0.2, 0.25) is 0 Å². The van der Waals surface area contributed by atoms with Gasteiger partial charge >= 0.3 is 0 Å². The van der Waals surface area contributed by atoms with Crippen LogP contribution in [0.3, 0.4) is 0 Å². The van der Waals surface area contributed by atoms with Gasteiger partial charge in [-0.25, -0.2) is 0 Å². The van der Waals surface area contributed by atoms with Gasteiger partial charge in [-0.15, -0.1) is 0 Å². The first-order valence-corrected chi connectivity index (χ1v) is 7.26. The van der Waals surface area contributed by atoms with Crippen LogP contribution in [-0.4, -0.2) is 10.2 Å². The molecule has 2 aromatic carbocycles. The number of aromatic hydroxyl groups is 1. The van der Waals surface area contributed by atoms with Gasteiger partial charge in [-0.3, -0.25) is 0 Å². The lowest BCUT2D eigenvalue weighted by Gasteiger charge is -2.22. The second kappa shape index (κ2) is 5.32. The molecular formula is C16H19O2P. The van der Waals surface area contributed by atoms with Crippen LogP contribution in [0.2, 0.25) is 0 Å². The topological polar surface area (TPSA) is 40.5 Å². The van der Waals surface area contributed by atoms with Gasteiger partial charge in [0.25, 0.3) is 0 Å². The van der Waals surface area contributed by atoms with Crippen LogP contribution in [0.5, 0.6) is 5.75 Å². The molecule has 1 unspecified atom stereocenters. The van der Waals surface area contributed by atoms with E-state index in [9.17, 15) is 10.2 Å². The molecule has 0 fully saturated rings. The van der Waals surface area contributed by atoms with Crippen LogP contribution < -0.4 is 10.6 Å². The van der Waals surface area contributed by atoms with Crippen molar-refractivity contribution in [2.45, 2.75) is 26.4 Å². The predicted molar refractivity (Wildman–Crippen MR) is 82.1 cm³/mol. The minimum absolute atomic E-state index is 0.308. The standard InChI is InChI=1S/C16H19O2P/c1-11-8-9-14(12(10-11)16(2,3)18)19-15-7-5-4-6-13(15)17/h4-10,17-19H,1-3H3. The van der Waals surface area contributed by atoms with Crippen molar-refractivity contribution < 1.29 is 10.2 Å². The molecule has 0 aliphatic heterocycles. The normalized spacial score (nSPS) is 12.2. The average Bonchev–Trinajstić information content (AvgIpc) is 2.33. The molecule has 0 heterocycles. The van der Waals surface area contributed by atoms with Crippen molar-refractivity contribution in [2.24, 2.45) is 0 Å². The lowest BCUT2D eigenvalue weighted by molar-refractivity contribution is 0.0797. The van der Waals surface area contributed by atoms with Gasteiger partial charge in [0.1, 0.15) is 5.75 Å². The summed E-state index contributed by atoms with van der Waals surface area (Å²) in [5.41, 5.74) is 1.18. The van der Waals surface area contributed by atoms with Crippen molar-refractivity contribution in [3.63, 3.8) is 0 Å². The maximum atomic E-state index is 10.3. The predicted octanol–water partition coefficient (Wildman–Crippen LogP) is 2.56. The van der Waals surface area contributed by atoms with Crippen molar-refractivity contribution in [1.82, 2.24) is 0 Å². The molecule has 2 nitrogen and oxygen atoms in total. The third-order valence-corrected chi connectivity index (χ3v) is 4.41. The Morgan fingerprint density at radius 3 is 2.32 bits per heavy atom. The molecular weight excluding hydrogens is 255 g/mol. The number of benzene rings is 2. The molecule has 0 spiro atoms. The van der Waals surface area contributed by atoms with E-state index in [1.165, 1.54) is 0 Å². The number of rotatable bonds is 3. The molecule has 0 radical (unpaired) electrons. The second-order valence-electron chi connectivity index (χ2n) is 5.25. The highest BCUT2D eigenvalue weighted by Gasteiger charge is 2.20. The maximum Gasteiger partial charge on any atom is 0.123 e. The van der Waals surface area contributed by atoms with E-state index in [2.05, 4.69) is 0 Å². The van der Waals surface area contributed by atoms with Gasteiger partial charge in [-0.1, -0.05) is 50.5 Å². The quantitative estimate of drug-likeness (QED) is 0.844. The summed E-state index contributed by atoms with van der Waals surface area (Å²) in [5.74, 6) is 0.308. The molecule has 0 bridgehead atoms. The third kappa shape index (κ3) is 3.34. The molecule has 2 aromatic rings. The fraction of sp³-hybridized carbons (Fsp3) is 0.250. The molecule has 2 rings (SSSR count). The van der Waals surface area contributed by atoms with Gasteiger partial charge in [-0.2, -0.15) is 0 Å². The van der Waals surface area contributed by atoms with E-state index in [4.69, 9.17) is 0 Å². The van der Waals surface area contributed by atoms with Gasteiger partial charge < -0.3 is 10.2 Å². The Balaban J connectivity index is 2.44. The monoisotopic (exact) mass is 274 g/mol. The summed E-state index contributed by atoms with van der Waals surface area (Å²) in [5, 5.41) is 22.1. The summed E-state index contributed by atoms with van der Waals surface area (Å²) in [6, 6.07) is 13.4. The van der Waals surface area contributed by atoms with Crippen molar-refractivity contribution in [3.8, 4) is 5.75 Å². The lowest BCUT2D eigenvalue weighted by atomic mass is 9.97. The van der Waals surface area contributed by atoms with Crippen LogP contribution in [-0.2, 0) is 5.60 Å². The zero-order valence-electron chi connectivity index (χ0n) is 11.4. The maximum absolute atomic E-state index is 10.3. The molecule has 19 heavy (non-hydrogen) atoms. The van der Waals surface area contributed by atoms with Crippen molar-refractivity contribution in [1.29, 1.82) is 0 Å². The summed E-state index contributed by atoms with van der Waals surface area (Å²) in [7, 11) is 0.334. The summed E-state index contributed by atoms with van der Waals surface area (Å²) < 4.78 is 0. The molecule has 0 saturated carbocycles. The van der Waals surface area contributed by atoms with Crippen molar-refractivity contribution in [3.05, 3.63) is 53.6 Å². The Labute approximate surface area is 115 Å². The number of aryl methyl sites for hydroxylation is 1. The molecule has 0 aliphatic carbocycles. The highest BCUT2D eigenvalue weighted by molar-refractivity contribution is 7.55. The van der Waals surface area contributed by atoms with E-state index in [0.717, 1.165) is 21.7 Å². The Kier molecular flexibility index (Phi) is 3.93. The highest BCUT2D eigenvalue weighted by Crippen LogP contribution is 2.26. The molecule has 0 aliphatic rings. The van der Waals surface area contributed by atoms with Gasteiger partial charge in [-0.05, 0) is 37.7 Å². The summed E-state index contributed by atoms with van der Waals surface area (Å²) in [6.07, 6.45) is 0. The fourth-order valence-corrected chi connectivity index (χ4v) is 3.36. The number of phenolic OH excluding ortho intramolecular Hbond substituents is 1. The van der Waals surface area contributed by atoms with Gasteiger partial charge in [0, 0.05) is 5.30 Å². The summed E-state index contributed by atoms with van der Waals surface area (Å²) in [4.78, 5) is 0. The van der Waals surface area contributed by atoms with Crippen LogP contribution in [0.4, 0.5) is 0 Å². The van der Waals surface area contributed by atoms with E-state index in [1.54, 1.807) is 19.9 Å². The molecule has 2 N–H and O–H groups in total. The minimum Gasteiger partial charge on any atom is -0.507 e. The van der Waals surface area contributed by atoms with Gasteiger partial charge in [0.05, 0.1) is 5.60 Å². The number of hydrogen-bond donors (Lipinski definition) is 2. The Morgan fingerprint density at radius 2 is 1.68 bits per heavy atom. The lowest BCUT2D eigenvalue weighted by Crippen LogP contribution is -2.24. The molecule has 0 saturated heterocycles. The Bertz CT molecular complexity index is 586. The molecule has 3 heteroatoms. The van der Waals surface area contributed by atoms with Gasteiger partial charge in [0.15, 0.2) is 0 Å². The number of para-hydroxylation sites is 1. The Morgan fingerprint density at radius 1 is 1.00 bits per heavy atom. The third-order valence-electron chi connectivity index (χ3n) is 3.01. The van der Waals surface area contributed by atoms with Crippen LogP contribution in [0, 0.1) is 6.92 Å². The minimum atomic E-state index is -0.876. The molecule has 1 atom stereocenters. The first-order valence-electron chi connectivity index (χ1n) is 6.26. The van der Waals surface area contributed by atoms with Crippen molar-refractivity contribution >= 4 is 19.2 Å². The Hall–Kier alpha value is -1.37. The average molecular weight is 274 g/mol. The zero-order chi connectivity index (χ0) is 14.0. The number of aliphatic hydroxyl groups is 1. The van der Waals surface area contributed by atoms with E-state index < -0.39 is 5.60 Å². The number of phenols is 1.